The molecule has 0 amide bonds. The van der Waals surface area contributed by atoms with Crippen LogP contribution in [0.5, 0.6) is 0 Å². The second-order valence-corrected chi connectivity index (χ2v) is 5.41. The average Bonchev–Trinajstić information content (AvgIpc) is 2.15. The summed E-state index contributed by atoms with van der Waals surface area (Å²) >= 11 is 0. The molecule has 2 N–H and O–H groups in total. The summed E-state index contributed by atoms with van der Waals surface area (Å²) in [5, 5.41) is 18.1. The summed E-state index contributed by atoms with van der Waals surface area (Å²) in [4.78, 5) is 10.4. The van der Waals surface area contributed by atoms with Crippen molar-refractivity contribution in [1.82, 2.24) is 0 Å². The van der Waals surface area contributed by atoms with Gasteiger partial charge in [-0.05, 0) is 11.6 Å². The van der Waals surface area contributed by atoms with Crippen molar-refractivity contribution < 1.29 is 23.4 Å². The van der Waals surface area contributed by atoms with Crippen LogP contribution >= 0.6 is 0 Å². The Labute approximate surface area is 93.3 Å². The Hall–Kier alpha value is -1.40. The smallest absolute Gasteiger partial charge is 0.306 e. The van der Waals surface area contributed by atoms with E-state index in [9.17, 15) is 18.3 Å². The first-order valence-corrected chi connectivity index (χ1v) is 6.40. The lowest BCUT2D eigenvalue weighted by atomic mass is 10.1. The van der Waals surface area contributed by atoms with Crippen LogP contribution in [0.2, 0.25) is 0 Å². The van der Waals surface area contributed by atoms with Gasteiger partial charge >= 0.3 is 5.97 Å². The van der Waals surface area contributed by atoms with Crippen LogP contribution in [-0.4, -0.2) is 30.9 Å². The molecule has 0 heterocycles. The highest BCUT2D eigenvalue weighted by molar-refractivity contribution is 7.90. The molecule has 5 nitrogen and oxygen atoms in total. The Morgan fingerprint density at radius 1 is 1.38 bits per heavy atom. The predicted molar refractivity (Wildman–Crippen MR) is 56.8 cm³/mol. The third-order valence-electron chi connectivity index (χ3n) is 2.05. The van der Waals surface area contributed by atoms with Crippen LogP contribution in [0.15, 0.2) is 29.2 Å². The molecular weight excluding hydrogens is 232 g/mol. The molecule has 1 aromatic rings. The van der Waals surface area contributed by atoms with E-state index in [-0.39, 0.29) is 10.5 Å². The summed E-state index contributed by atoms with van der Waals surface area (Å²) in [5.74, 6) is -1.18. The van der Waals surface area contributed by atoms with E-state index in [1.807, 2.05) is 0 Å². The summed E-state index contributed by atoms with van der Waals surface area (Å²) in [6, 6.07) is 5.82. The molecule has 0 unspecified atom stereocenters. The lowest BCUT2D eigenvalue weighted by Gasteiger charge is -2.12. The van der Waals surface area contributed by atoms with Gasteiger partial charge in [0.1, 0.15) is 0 Å². The van der Waals surface area contributed by atoms with Gasteiger partial charge in [0.2, 0.25) is 0 Å². The number of rotatable bonds is 4. The second-order valence-electron chi connectivity index (χ2n) is 3.42. The van der Waals surface area contributed by atoms with Crippen molar-refractivity contribution in [3.8, 4) is 0 Å². The number of carboxylic acid groups (broad SMARTS) is 1. The van der Waals surface area contributed by atoms with Gasteiger partial charge in [-0.25, -0.2) is 8.42 Å². The molecule has 0 aliphatic heterocycles. The van der Waals surface area contributed by atoms with Gasteiger partial charge in [-0.15, -0.1) is 0 Å². The van der Waals surface area contributed by atoms with Crippen molar-refractivity contribution in [1.29, 1.82) is 0 Å². The Morgan fingerprint density at radius 2 is 1.94 bits per heavy atom. The SMILES string of the molecule is CS(=O)(=O)c1ccccc1[C@H](O)CC(=O)O. The minimum atomic E-state index is -3.47. The van der Waals surface area contributed by atoms with Crippen LogP contribution < -0.4 is 0 Å². The third-order valence-corrected chi connectivity index (χ3v) is 3.22. The van der Waals surface area contributed by atoms with Crippen molar-refractivity contribution in [3.63, 3.8) is 0 Å². The van der Waals surface area contributed by atoms with Gasteiger partial charge in [0.25, 0.3) is 0 Å². The van der Waals surface area contributed by atoms with Gasteiger partial charge in [0.15, 0.2) is 9.84 Å². The van der Waals surface area contributed by atoms with E-state index in [0.29, 0.717) is 0 Å². The Kier molecular flexibility index (Phi) is 3.66. The lowest BCUT2D eigenvalue weighted by molar-refractivity contribution is -0.139. The molecule has 0 aromatic heterocycles. The lowest BCUT2D eigenvalue weighted by Crippen LogP contribution is -2.10. The molecular formula is C10H12O5S. The van der Waals surface area contributed by atoms with Crippen LogP contribution in [0.1, 0.15) is 18.1 Å². The van der Waals surface area contributed by atoms with Crippen LogP contribution in [0.4, 0.5) is 0 Å². The van der Waals surface area contributed by atoms with Gasteiger partial charge in [0.05, 0.1) is 17.4 Å². The number of aliphatic carboxylic acids is 1. The minimum absolute atomic E-state index is 0.0382. The van der Waals surface area contributed by atoms with Crippen LogP contribution in [0.3, 0.4) is 0 Å². The average molecular weight is 244 g/mol. The normalized spacial score (nSPS) is 13.4. The van der Waals surface area contributed by atoms with Crippen LogP contribution in [0.25, 0.3) is 0 Å². The zero-order valence-corrected chi connectivity index (χ0v) is 9.44. The standard InChI is InChI=1S/C10H12O5S/c1-16(14,15)9-5-3-2-4-7(9)8(11)6-10(12)13/h2-5,8,11H,6H2,1H3,(H,12,13)/t8-/m1/s1. The van der Waals surface area contributed by atoms with Gasteiger partial charge in [0, 0.05) is 6.26 Å². The number of hydrogen-bond acceptors (Lipinski definition) is 4. The molecule has 6 heteroatoms. The van der Waals surface area contributed by atoms with Crippen molar-refractivity contribution in [3.05, 3.63) is 29.8 Å². The van der Waals surface area contributed by atoms with E-state index in [0.717, 1.165) is 6.26 Å². The number of aliphatic hydroxyl groups excluding tert-OH is 1. The molecule has 0 bridgehead atoms. The first kappa shape index (κ1) is 12.7. The second kappa shape index (κ2) is 4.63. The number of aliphatic hydroxyl groups is 1. The highest BCUT2D eigenvalue weighted by atomic mass is 32.2. The van der Waals surface area contributed by atoms with E-state index in [2.05, 4.69) is 0 Å². The number of carboxylic acids is 1. The van der Waals surface area contributed by atoms with Crippen LogP contribution in [0, 0.1) is 0 Å². The number of sulfone groups is 1. The molecule has 0 aliphatic carbocycles. The summed E-state index contributed by atoms with van der Waals surface area (Å²) in [6.07, 6.45) is -0.824. The van der Waals surface area contributed by atoms with Gasteiger partial charge in [-0.1, -0.05) is 18.2 Å². The van der Waals surface area contributed by atoms with Gasteiger partial charge < -0.3 is 10.2 Å². The van der Waals surface area contributed by atoms with Gasteiger partial charge in [-0.2, -0.15) is 0 Å². The van der Waals surface area contributed by atoms with Crippen molar-refractivity contribution in [2.45, 2.75) is 17.4 Å². The Balaban J connectivity index is 3.19. The summed E-state index contributed by atoms with van der Waals surface area (Å²) in [7, 11) is -3.47. The number of hydrogen-bond donors (Lipinski definition) is 2. The van der Waals surface area contributed by atoms with Gasteiger partial charge in [-0.3, -0.25) is 4.79 Å². The van der Waals surface area contributed by atoms with E-state index in [1.54, 1.807) is 6.07 Å². The maximum absolute atomic E-state index is 11.4. The van der Waals surface area contributed by atoms with Crippen LogP contribution in [-0.2, 0) is 14.6 Å². The topological polar surface area (TPSA) is 91.7 Å². The molecule has 0 saturated heterocycles. The summed E-state index contributed by atoms with van der Waals surface area (Å²) < 4.78 is 22.8. The fraction of sp³-hybridized carbons (Fsp3) is 0.300. The Bertz CT molecular complexity index is 492. The maximum Gasteiger partial charge on any atom is 0.306 e. The fourth-order valence-corrected chi connectivity index (χ4v) is 2.33. The molecule has 0 aliphatic rings. The monoisotopic (exact) mass is 244 g/mol. The van der Waals surface area contributed by atoms with E-state index in [4.69, 9.17) is 5.11 Å². The minimum Gasteiger partial charge on any atom is -0.481 e. The van der Waals surface area contributed by atoms with E-state index < -0.39 is 28.3 Å². The first-order chi connectivity index (χ1) is 7.32. The molecule has 0 saturated carbocycles. The summed E-state index contributed by atoms with van der Waals surface area (Å²) in [5.41, 5.74) is 0.118. The molecule has 1 rings (SSSR count). The zero-order chi connectivity index (χ0) is 12.3. The summed E-state index contributed by atoms with van der Waals surface area (Å²) in [6.45, 7) is 0. The molecule has 0 spiro atoms. The number of benzene rings is 1. The molecule has 0 radical (unpaired) electrons. The van der Waals surface area contributed by atoms with E-state index in [1.165, 1.54) is 18.2 Å². The maximum atomic E-state index is 11.4. The van der Waals surface area contributed by atoms with Crippen molar-refractivity contribution in [2.75, 3.05) is 6.26 Å². The molecule has 0 fully saturated rings. The highest BCUT2D eigenvalue weighted by Gasteiger charge is 2.20. The molecule has 1 aromatic carbocycles. The zero-order valence-electron chi connectivity index (χ0n) is 8.62. The van der Waals surface area contributed by atoms with Crippen molar-refractivity contribution >= 4 is 15.8 Å². The Morgan fingerprint density at radius 3 is 2.44 bits per heavy atom. The first-order valence-electron chi connectivity index (χ1n) is 4.51. The fourth-order valence-electron chi connectivity index (χ4n) is 1.37. The highest BCUT2D eigenvalue weighted by Crippen LogP contribution is 2.24. The quantitative estimate of drug-likeness (QED) is 0.809. The number of carbonyl (C=O) groups is 1. The van der Waals surface area contributed by atoms with E-state index >= 15 is 0 Å². The molecule has 88 valence electrons. The van der Waals surface area contributed by atoms with Crippen molar-refractivity contribution in [2.24, 2.45) is 0 Å². The molecule has 16 heavy (non-hydrogen) atoms. The predicted octanol–water partition coefficient (Wildman–Crippen LogP) is 0.598. The third kappa shape index (κ3) is 3.04. The molecule has 1 atom stereocenters. The largest absolute Gasteiger partial charge is 0.481 e.